The summed E-state index contributed by atoms with van der Waals surface area (Å²) < 4.78 is 0. The van der Waals surface area contributed by atoms with E-state index >= 15 is 0 Å². The van der Waals surface area contributed by atoms with Crippen LogP contribution in [0.25, 0.3) is 4.98 Å². The molecule has 147 valence electrons. The zero-order valence-electron chi connectivity index (χ0n) is 18.3. The molecule has 0 N–H and O–H groups in total. The Bertz CT molecular complexity index is 438. The van der Waals surface area contributed by atoms with Crippen molar-refractivity contribution in [1.29, 1.82) is 0 Å². The van der Waals surface area contributed by atoms with Crippen LogP contribution in [0.3, 0.4) is 0 Å². The first-order chi connectivity index (χ1) is 10.4. The summed E-state index contributed by atoms with van der Waals surface area (Å²) >= 11 is 0. The van der Waals surface area contributed by atoms with E-state index in [4.69, 9.17) is 4.98 Å². The van der Waals surface area contributed by atoms with Gasteiger partial charge in [-0.2, -0.15) is 0 Å². The topological polar surface area (TPSA) is 17.3 Å². The van der Waals surface area contributed by atoms with E-state index in [1.807, 2.05) is 0 Å². The van der Waals surface area contributed by atoms with Gasteiger partial charge in [-0.25, -0.2) is 0 Å². The van der Waals surface area contributed by atoms with Crippen LogP contribution >= 0.6 is 0 Å². The average Bonchev–Trinajstić information content (AvgIpc) is 3.05. The minimum Gasteiger partial charge on any atom is -0.662 e. The molecule has 1 radical (unpaired) electrons. The Labute approximate surface area is 181 Å². The van der Waals surface area contributed by atoms with Crippen LogP contribution in [0, 0.1) is 40.0 Å². The third kappa shape index (κ3) is 7.05. The summed E-state index contributed by atoms with van der Waals surface area (Å²) in [6.07, 6.45) is 13.8. The van der Waals surface area contributed by atoms with E-state index in [0.29, 0.717) is 0 Å². The Morgan fingerprint density at radius 3 is 2.08 bits per heavy atom. The normalized spacial score (nSPS) is 30.0. The van der Waals surface area contributed by atoms with Gasteiger partial charge in [0, 0.05) is 6.04 Å². The van der Waals surface area contributed by atoms with E-state index in [1.165, 1.54) is 38.4 Å². The zero-order chi connectivity index (χ0) is 15.7. The first-order valence-corrected chi connectivity index (χ1v) is 11.2. The fourth-order valence-electron chi connectivity index (χ4n) is 4.80. The standard InChI is InChI=1S/C19H32N2Si.3CH3.Ti/c1-19(2,3)20-22(4)14-15-13-18(21-11-7-8-12-21)17-10-6-5-9-16(15)17;;;;/h5-6,9-10,15-18H,7-8,11-14H2,1-4H3;3*1H3;/q4*-1;+4. The molecule has 0 aromatic carbocycles. The molecule has 2 fully saturated rings. The average molecular weight is 410 g/mol. The summed E-state index contributed by atoms with van der Waals surface area (Å²) in [6, 6.07) is 2.15. The van der Waals surface area contributed by atoms with Gasteiger partial charge < -0.3 is 27.3 Å². The van der Waals surface area contributed by atoms with Crippen LogP contribution < -0.4 is 0 Å². The molecule has 0 aromatic heterocycles. The van der Waals surface area contributed by atoms with Gasteiger partial charge in [0.15, 0.2) is 0 Å². The molecule has 4 heteroatoms. The molecular weight excluding hydrogens is 368 g/mol. The number of fused-ring (bicyclic) bond motifs is 1. The maximum absolute atomic E-state index is 5.08. The molecule has 0 spiro atoms. The largest absolute Gasteiger partial charge is 4.00 e. The third-order valence-corrected chi connectivity index (χ3v) is 7.62. The quantitative estimate of drug-likeness (QED) is 0.413. The molecule has 2 nitrogen and oxygen atoms in total. The second-order valence-electron chi connectivity index (χ2n) is 8.45. The Balaban J connectivity index is 0. The summed E-state index contributed by atoms with van der Waals surface area (Å²) in [4.78, 5) is 7.86. The van der Waals surface area contributed by atoms with E-state index in [-0.39, 0.29) is 49.5 Å². The first kappa shape index (κ1) is 28.5. The van der Waals surface area contributed by atoms with Crippen molar-refractivity contribution in [3.63, 3.8) is 0 Å². The molecule has 26 heavy (non-hydrogen) atoms. The fourth-order valence-corrected chi connectivity index (χ4v) is 7.24. The van der Waals surface area contributed by atoms with E-state index in [1.54, 1.807) is 0 Å². The van der Waals surface area contributed by atoms with Crippen molar-refractivity contribution in [2.75, 3.05) is 13.1 Å². The Kier molecular flexibility index (Phi) is 13.2. The number of hydrogen-bond acceptors (Lipinski definition) is 1. The Hall–Kier alpha value is 0.331. The van der Waals surface area contributed by atoms with Gasteiger partial charge >= 0.3 is 21.7 Å². The molecule has 1 aliphatic heterocycles. The second-order valence-corrected chi connectivity index (χ2v) is 10.6. The molecule has 4 atom stereocenters. The van der Waals surface area contributed by atoms with Crippen molar-refractivity contribution in [2.45, 2.75) is 64.2 Å². The maximum Gasteiger partial charge on any atom is 4.00 e. The van der Waals surface area contributed by atoms with E-state index in [0.717, 1.165) is 23.8 Å². The van der Waals surface area contributed by atoms with Crippen LogP contribution in [0.15, 0.2) is 24.3 Å². The molecule has 4 unspecified atom stereocenters. The fraction of sp³-hybridized carbons (Fsp3) is 0.682. The van der Waals surface area contributed by atoms with Crippen LogP contribution in [-0.2, 0) is 21.7 Å². The van der Waals surface area contributed by atoms with Crippen LogP contribution in [0.1, 0.15) is 40.0 Å². The van der Waals surface area contributed by atoms with Crippen LogP contribution in [0.4, 0.5) is 0 Å². The van der Waals surface area contributed by atoms with Gasteiger partial charge in [-0.3, -0.25) is 4.90 Å². The second kappa shape index (κ2) is 12.0. The Morgan fingerprint density at radius 1 is 1.00 bits per heavy atom. The molecule has 1 saturated heterocycles. The molecule has 0 bridgehead atoms. The molecule has 3 rings (SSSR count). The summed E-state index contributed by atoms with van der Waals surface area (Å²) in [6.45, 7) is 11.8. The summed E-state index contributed by atoms with van der Waals surface area (Å²) in [7, 11) is -0.577. The first-order valence-electron chi connectivity index (χ1n) is 9.08. The Morgan fingerprint density at radius 2 is 1.54 bits per heavy atom. The number of hydrogen-bond donors (Lipinski definition) is 0. The monoisotopic (exact) mass is 409 g/mol. The molecule has 0 amide bonds. The summed E-state index contributed by atoms with van der Waals surface area (Å²) in [5.74, 6) is 2.38. The molecule has 1 saturated carbocycles. The van der Waals surface area contributed by atoms with E-state index < -0.39 is 8.96 Å². The van der Waals surface area contributed by atoms with Gasteiger partial charge in [-0.05, 0) is 50.1 Å². The van der Waals surface area contributed by atoms with Gasteiger partial charge in [-0.15, -0.1) is 5.54 Å². The zero-order valence-corrected chi connectivity index (χ0v) is 20.8. The summed E-state index contributed by atoms with van der Waals surface area (Å²) in [5, 5.41) is 0. The van der Waals surface area contributed by atoms with Gasteiger partial charge in [-0.1, -0.05) is 66.6 Å². The smallest absolute Gasteiger partial charge is 0.662 e. The number of likely N-dealkylation sites (tertiary alicyclic amines) is 1. The predicted molar refractivity (Wildman–Crippen MR) is 117 cm³/mol. The number of allylic oxidation sites excluding steroid dienone is 3. The predicted octanol–water partition coefficient (Wildman–Crippen LogP) is 5.97. The number of rotatable bonds is 4. The third-order valence-electron chi connectivity index (χ3n) is 5.45. The number of nitrogens with zero attached hydrogens (tertiary/aromatic N) is 2. The summed E-state index contributed by atoms with van der Waals surface area (Å²) in [5.41, 5.74) is 0.137. The van der Waals surface area contributed by atoms with Gasteiger partial charge in [0.05, 0.1) is 0 Å². The van der Waals surface area contributed by atoms with Gasteiger partial charge in [0.25, 0.3) is 0 Å². The van der Waals surface area contributed by atoms with E-state index in [2.05, 4.69) is 56.5 Å². The maximum atomic E-state index is 5.08. The molecule has 3 aliphatic rings. The SMILES string of the molecule is C[Si](CC1CC(N2CCCC2)C2C=CC=CC12)[N-]C(C)(C)C.[CH3-].[CH3-].[CH3-].[Ti+4]. The molecule has 1 heterocycles. The van der Waals surface area contributed by atoms with Crippen molar-refractivity contribution < 1.29 is 21.7 Å². The molecule has 0 aromatic rings. The van der Waals surface area contributed by atoms with Crippen molar-refractivity contribution >= 4 is 8.96 Å². The van der Waals surface area contributed by atoms with Crippen LogP contribution in [0.5, 0.6) is 0 Å². The van der Waals surface area contributed by atoms with Crippen LogP contribution in [0.2, 0.25) is 12.6 Å². The van der Waals surface area contributed by atoms with Gasteiger partial charge in [0.1, 0.15) is 0 Å². The van der Waals surface area contributed by atoms with Crippen molar-refractivity contribution in [1.82, 2.24) is 4.90 Å². The molecular formula is C22H41N2SiTi. The van der Waals surface area contributed by atoms with Gasteiger partial charge in [0.2, 0.25) is 0 Å². The van der Waals surface area contributed by atoms with Crippen molar-refractivity contribution in [2.24, 2.45) is 17.8 Å². The van der Waals surface area contributed by atoms with E-state index in [9.17, 15) is 0 Å². The van der Waals surface area contributed by atoms with Crippen molar-refractivity contribution in [3.8, 4) is 0 Å². The van der Waals surface area contributed by atoms with Crippen LogP contribution in [-0.4, -0.2) is 38.5 Å². The minimum atomic E-state index is -0.577. The van der Waals surface area contributed by atoms with Crippen molar-refractivity contribution in [3.05, 3.63) is 51.6 Å². The minimum absolute atomic E-state index is 0. The molecule has 2 aliphatic carbocycles.